The number of halogens is 3. The van der Waals surface area contributed by atoms with Crippen molar-refractivity contribution in [3.63, 3.8) is 0 Å². The number of amides is 1. The molecule has 4 nitrogen and oxygen atoms in total. The van der Waals surface area contributed by atoms with Crippen LogP contribution in [0.1, 0.15) is 0 Å². The standard InChI is InChI=1S/C18H18Cl3N3O/c19-13-2-1-3-15(10-13)23-6-8-24(9-7-23)18(25)12-22-17-5-4-14(20)11-16(17)21/h1-5,10-11,22H,6-9,12H2. The lowest BCUT2D eigenvalue weighted by Gasteiger charge is -2.36. The van der Waals surface area contributed by atoms with Gasteiger partial charge in [0.25, 0.3) is 0 Å². The molecule has 1 aliphatic rings. The first-order chi connectivity index (χ1) is 12.0. The molecule has 0 spiro atoms. The van der Waals surface area contributed by atoms with Gasteiger partial charge < -0.3 is 15.1 Å². The molecular formula is C18H18Cl3N3O. The van der Waals surface area contributed by atoms with Crippen molar-refractivity contribution < 1.29 is 4.79 Å². The number of piperazine rings is 1. The first-order valence-electron chi connectivity index (χ1n) is 8.00. The number of carbonyl (C=O) groups excluding carboxylic acids is 1. The molecule has 1 saturated heterocycles. The molecule has 132 valence electrons. The molecule has 0 atom stereocenters. The van der Waals surface area contributed by atoms with Crippen LogP contribution in [0.15, 0.2) is 42.5 Å². The van der Waals surface area contributed by atoms with E-state index in [9.17, 15) is 4.79 Å². The number of hydrogen-bond acceptors (Lipinski definition) is 3. The zero-order chi connectivity index (χ0) is 17.8. The second-order valence-corrected chi connectivity index (χ2v) is 7.11. The van der Waals surface area contributed by atoms with Gasteiger partial charge in [-0.2, -0.15) is 0 Å². The average molecular weight is 399 g/mol. The smallest absolute Gasteiger partial charge is 0.241 e. The maximum atomic E-state index is 12.4. The van der Waals surface area contributed by atoms with E-state index in [4.69, 9.17) is 34.8 Å². The molecular weight excluding hydrogens is 381 g/mol. The zero-order valence-corrected chi connectivity index (χ0v) is 15.8. The summed E-state index contributed by atoms with van der Waals surface area (Å²) in [5.74, 6) is 0.0526. The van der Waals surface area contributed by atoms with Crippen molar-refractivity contribution in [3.05, 3.63) is 57.5 Å². The number of carbonyl (C=O) groups is 1. The van der Waals surface area contributed by atoms with Crippen LogP contribution < -0.4 is 10.2 Å². The summed E-state index contributed by atoms with van der Waals surface area (Å²) in [7, 11) is 0. The molecule has 0 saturated carbocycles. The Morgan fingerprint density at radius 1 is 0.960 bits per heavy atom. The number of nitrogens with zero attached hydrogens (tertiary/aromatic N) is 2. The lowest BCUT2D eigenvalue weighted by molar-refractivity contribution is -0.129. The third kappa shape index (κ3) is 4.72. The molecule has 25 heavy (non-hydrogen) atoms. The third-order valence-electron chi connectivity index (χ3n) is 4.17. The number of anilines is 2. The van der Waals surface area contributed by atoms with Crippen LogP contribution in [-0.2, 0) is 4.79 Å². The van der Waals surface area contributed by atoms with Crippen LogP contribution >= 0.6 is 34.8 Å². The summed E-state index contributed by atoms with van der Waals surface area (Å²) < 4.78 is 0. The molecule has 1 heterocycles. The van der Waals surface area contributed by atoms with Gasteiger partial charge in [0.15, 0.2) is 0 Å². The Kier molecular flexibility index (Phi) is 5.94. The predicted octanol–water partition coefficient (Wildman–Crippen LogP) is 4.41. The Labute approximate surface area is 162 Å². The predicted molar refractivity (Wildman–Crippen MR) is 105 cm³/mol. The topological polar surface area (TPSA) is 35.6 Å². The van der Waals surface area contributed by atoms with Crippen LogP contribution in [0, 0.1) is 0 Å². The van der Waals surface area contributed by atoms with Crippen LogP contribution in [0.3, 0.4) is 0 Å². The number of rotatable bonds is 4. The Morgan fingerprint density at radius 2 is 1.68 bits per heavy atom. The SMILES string of the molecule is O=C(CNc1ccc(Cl)cc1Cl)N1CCN(c2cccc(Cl)c2)CC1. The van der Waals surface area contributed by atoms with Gasteiger partial charge in [-0.25, -0.2) is 0 Å². The first kappa shape index (κ1) is 18.2. The van der Waals surface area contributed by atoms with Crippen molar-refractivity contribution in [3.8, 4) is 0 Å². The van der Waals surface area contributed by atoms with Gasteiger partial charge in [-0.15, -0.1) is 0 Å². The van der Waals surface area contributed by atoms with E-state index < -0.39 is 0 Å². The molecule has 1 aliphatic heterocycles. The van der Waals surface area contributed by atoms with Gasteiger partial charge in [0.2, 0.25) is 5.91 Å². The lowest BCUT2D eigenvalue weighted by Crippen LogP contribution is -2.50. The van der Waals surface area contributed by atoms with Gasteiger partial charge in [0.1, 0.15) is 0 Å². The highest BCUT2D eigenvalue weighted by Gasteiger charge is 2.21. The van der Waals surface area contributed by atoms with E-state index in [2.05, 4.69) is 10.2 Å². The molecule has 1 amide bonds. The minimum absolute atomic E-state index is 0.0526. The molecule has 1 N–H and O–H groups in total. The number of nitrogens with one attached hydrogen (secondary N) is 1. The molecule has 3 rings (SSSR count). The Balaban J connectivity index is 1.51. The monoisotopic (exact) mass is 397 g/mol. The van der Waals surface area contributed by atoms with Crippen molar-refractivity contribution in [2.45, 2.75) is 0 Å². The fourth-order valence-corrected chi connectivity index (χ4v) is 3.46. The zero-order valence-electron chi connectivity index (χ0n) is 13.5. The first-order valence-corrected chi connectivity index (χ1v) is 9.13. The van der Waals surface area contributed by atoms with Gasteiger partial charge in [-0.1, -0.05) is 40.9 Å². The van der Waals surface area contributed by atoms with E-state index in [1.54, 1.807) is 18.2 Å². The van der Waals surface area contributed by atoms with E-state index >= 15 is 0 Å². The quantitative estimate of drug-likeness (QED) is 0.829. The summed E-state index contributed by atoms with van der Waals surface area (Å²) in [5, 5.41) is 4.87. The largest absolute Gasteiger partial charge is 0.375 e. The molecule has 0 unspecified atom stereocenters. The highest BCUT2D eigenvalue weighted by atomic mass is 35.5. The minimum Gasteiger partial charge on any atom is -0.375 e. The second-order valence-electron chi connectivity index (χ2n) is 5.83. The second kappa shape index (κ2) is 8.17. The summed E-state index contributed by atoms with van der Waals surface area (Å²) >= 11 is 18.0. The van der Waals surface area contributed by atoms with Crippen LogP contribution in [0.5, 0.6) is 0 Å². The van der Waals surface area contributed by atoms with Crippen molar-refractivity contribution in [2.75, 3.05) is 42.9 Å². The molecule has 2 aromatic carbocycles. The number of benzene rings is 2. The molecule has 2 aromatic rings. The third-order valence-corrected chi connectivity index (χ3v) is 4.95. The van der Waals surface area contributed by atoms with Crippen LogP contribution in [-0.4, -0.2) is 43.5 Å². The van der Waals surface area contributed by atoms with Crippen molar-refractivity contribution in [1.82, 2.24) is 4.90 Å². The molecule has 1 fully saturated rings. The Bertz CT molecular complexity index is 761. The normalized spacial score (nSPS) is 14.5. The molecule has 0 radical (unpaired) electrons. The molecule has 0 aromatic heterocycles. The average Bonchev–Trinajstić information content (AvgIpc) is 2.61. The highest BCUT2D eigenvalue weighted by Crippen LogP contribution is 2.25. The summed E-state index contributed by atoms with van der Waals surface area (Å²) in [4.78, 5) is 16.5. The summed E-state index contributed by atoms with van der Waals surface area (Å²) in [6.45, 7) is 3.14. The van der Waals surface area contributed by atoms with Crippen molar-refractivity contribution in [1.29, 1.82) is 0 Å². The van der Waals surface area contributed by atoms with Gasteiger partial charge in [-0.3, -0.25) is 4.79 Å². The summed E-state index contributed by atoms with van der Waals surface area (Å²) in [5.41, 5.74) is 1.79. The Morgan fingerprint density at radius 3 is 2.36 bits per heavy atom. The molecule has 7 heteroatoms. The van der Waals surface area contributed by atoms with Gasteiger partial charge in [-0.05, 0) is 36.4 Å². The minimum atomic E-state index is 0.0526. The fourth-order valence-electron chi connectivity index (χ4n) is 2.80. The van der Waals surface area contributed by atoms with Crippen LogP contribution in [0.25, 0.3) is 0 Å². The van der Waals surface area contributed by atoms with Gasteiger partial charge in [0.05, 0.1) is 17.3 Å². The fraction of sp³-hybridized carbons (Fsp3) is 0.278. The van der Waals surface area contributed by atoms with E-state index in [-0.39, 0.29) is 12.5 Å². The maximum absolute atomic E-state index is 12.4. The van der Waals surface area contributed by atoms with E-state index in [1.807, 2.05) is 29.2 Å². The number of hydrogen-bond donors (Lipinski definition) is 1. The van der Waals surface area contributed by atoms with Crippen molar-refractivity contribution in [2.24, 2.45) is 0 Å². The van der Waals surface area contributed by atoms with Crippen molar-refractivity contribution >= 4 is 52.1 Å². The highest BCUT2D eigenvalue weighted by molar-refractivity contribution is 6.36. The summed E-state index contributed by atoms with van der Waals surface area (Å²) in [6.07, 6.45) is 0. The van der Waals surface area contributed by atoms with Gasteiger partial charge in [0, 0.05) is 41.9 Å². The lowest BCUT2D eigenvalue weighted by atomic mass is 10.2. The Hall–Kier alpha value is -1.62. The summed E-state index contributed by atoms with van der Waals surface area (Å²) in [6, 6.07) is 12.9. The van der Waals surface area contributed by atoms with Crippen LogP contribution in [0.4, 0.5) is 11.4 Å². The molecule has 0 aliphatic carbocycles. The molecule has 0 bridgehead atoms. The van der Waals surface area contributed by atoms with Gasteiger partial charge >= 0.3 is 0 Å². The van der Waals surface area contributed by atoms with E-state index in [1.165, 1.54) is 0 Å². The maximum Gasteiger partial charge on any atom is 0.241 e. The van der Waals surface area contributed by atoms with Crippen LogP contribution in [0.2, 0.25) is 15.1 Å². The van der Waals surface area contributed by atoms with E-state index in [0.29, 0.717) is 28.8 Å². The van der Waals surface area contributed by atoms with E-state index in [0.717, 1.165) is 23.8 Å².